The van der Waals surface area contributed by atoms with E-state index in [0.717, 1.165) is 18.7 Å². The average Bonchev–Trinajstić information content (AvgIpc) is 2.77. The number of anilines is 1. The molecule has 96 valence electrons. The summed E-state index contributed by atoms with van der Waals surface area (Å²) < 4.78 is 0. The first-order valence-electron chi connectivity index (χ1n) is 5.78. The maximum Gasteiger partial charge on any atom is 0.272 e. The van der Waals surface area contributed by atoms with E-state index in [1.807, 2.05) is 4.90 Å². The van der Waals surface area contributed by atoms with Crippen LogP contribution in [0, 0.1) is 23.0 Å². The molecule has 1 amide bonds. The summed E-state index contributed by atoms with van der Waals surface area (Å²) in [6, 6.07) is 5.00. The number of aryl methyl sites for hydroxylation is 1. The van der Waals surface area contributed by atoms with Crippen LogP contribution in [0.1, 0.15) is 12.0 Å². The number of nitrogens with two attached hydrogens (primary N) is 1. The molecule has 6 nitrogen and oxygen atoms in total. The molecule has 0 radical (unpaired) electrons. The summed E-state index contributed by atoms with van der Waals surface area (Å²) in [5.41, 5.74) is 6.92. The van der Waals surface area contributed by atoms with Gasteiger partial charge in [0, 0.05) is 30.4 Å². The Kier molecular flexibility index (Phi) is 3.18. The van der Waals surface area contributed by atoms with Crippen LogP contribution in [0.4, 0.5) is 11.4 Å². The fourth-order valence-electron chi connectivity index (χ4n) is 2.27. The van der Waals surface area contributed by atoms with Gasteiger partial charge in [-0.25, -0.2) is 0 Å². The van der Waals surface area contributed by atoms with Crippen LogP contribution in [0.15, 0.2) is 18.2 Å². The highest BCUT2D eigenvalue weighted by Gasteiger charge is 2.27. The minimum atomic E-state index is -0.394. The molecule has 1 aliphatic rings. The van der Waals surface area contributed by atoms with Gasteiger partial charge in [0.2, 0.25) is 5.91 Å². The van der Waals surface area contributed by atoms with Gasteiger partial charge >= 0.3 is 0 Å². The lowest BCUT2D eigenvalue weighted by molar-refractivity contribution is -0.385. The van der Waals surface area contributed by atoms with E-state index < -0.39 is 4.92 Å². The molecule has 2 N–H and O–H groups in total. The van der Waals surface area contributed by atoms with E-state index in [1.54, 1.807) is 19.1 Å². The predicted molar refractivity (Wildman–Crippen MR) is 67.3 cm³/mol. The van der Waals surface area contributed by atoms with Crippen molar-refractivity contribution in [2.75, 3.05) is 18.0 Å². The summed E-state index contributed by atoms with van der Waals surface area (Å²) in [6.07, 6.45) is 0.741. The maximum atomic E-state index is 11.1. The van der Waals surface area contributed by atoms with Crippen LogP contribution in [-0.4, -0.2) is 23.9 Å². The van der Waals surface area contributed by atoms with Crippen LogP contribution in [0.25, 0.3) is 0 Å². The van der Waals surface area contributed by atoms with E-state index in [0.29, 0.717) is 12.1 Å². The van der Waals surface area contributed by atoms with E-state index in [2.05, 4.69) is 0 Å². The Hall–Kier alpha value is -2.11. The maximum absolute atomic E-state index is 11.1. The van der Waals surface area contributed by atoms with E-state index in [-0.39, 0.29) is 17.5 Å². The van der Waals surface area contributed by atoms with Crippen molar-refractivity contribution in [1.29, 1.82) is 0 Å². The van der Waals surface area contributed by atoms with Gasteiger partial charge in [0.05, 0.1) is 10.8 Å². The first-order valence-corrected chi connectivity index (χ1v) is 5.78. The zero-order chi connectivity index (χ0) is 13.3. The van der Waals surface area contributed by atoms with Crippen molar-refractivity contribution < 1.29 is 9.72 Å². The van der Waals surface area contributed by atoms with Crippen molar-refractivity contribution in [3.05, 3.63) is 33.9 Å². The lowest BCUT2D eigenvalue weighted by Crippen LogP contribution is -2.27. The molecule has 18 heavy (non-hydrogen) atoms. The Bertz CT molecular complexity index is 501. The standard InChI is InChI=1S/C12H15N3O3/c1-8-6-10(2-3-11(8)15(17)18)14-5-4-9(7-14)12(13)16/h2-3,6,9H,4-5,7H2,1H3,(H2,13,16). The van der Waals surface area contributed by atoms with Gasteiger partial charge in [-0.3, -0.25) is 14.9 Å². The molecule has 0 aliphatic carbocycles. The van der Waals surface area contributed by atoms with Crippen LogP contribution in [0.3, 0.4) is 0 Å². The highest BCUT2D eigenvalue weighted by atomic mass is 16.6. The van der Waals surface area contributed by atoms with Crippen LogP contribution in [-0.2, 0) is 4.79 Å². The Balaban J connectivity index is 2.18. The molecule has 1 aromatic carbocycles. The lowest BCUT2D eigenvalue weighted by Gasteiger charge is -2.18. The number of nitrogens with zero attached hydrogens (tertiary/aromatic N) is 2. The van der Waals surface area contributed by atoms with E-state index in [9.17, 15) is 14.9 Å². The second-order valence-corrected chi connectivity index (χ2v) is 4.56. The quantitative estimate of drug-likeness (QED) is 0.644. The molecule has 2 rings (SSSR count). The van der Waals surface area contributed by atoms with Gasteiger partial charge in [-0.2, -0.15) is 0 Å². The number of rotatable bonds is 3. The summed E-state index contributed by atoms with van der Waals surface area (Å²) >= 11 is 0. The molecule has 1 atom stereocenters. The molecule has 1 aliphatic heterocycles. The molecule has 1 heterocycles. The van der Waals surface area contributed by atoms with Crippen molar-refractivity contribution in [2.45, 2.75) is 13.3 Å². The van der Waals surface area contributed by atoms with Crippen LogP contribution < -0.4 is 10.6 Å². The van der Waals surface area contributed by atoms with Gasteiger partial charge < -0.3 is 10.6 Å². The van der Waals surface area contributed by atoms with Gasteiger partial charge in [-0.15, -0.1) is 0 Å². The largest absolute Gasteiger partial charge is 0.371 e. The first-order chi connectivity index (χ1) is 8.49. The lowest BCUT2D eigenvalue weighted by atomic mass is 10.1. The molecule has 6 heteroatoms. The van der Waals surface area contributed by atoms with Crippen molar-refractivity contribution in [2.24, 2.45) is 11.7 Å². The van der Waals surface area contributed by atoms with Crippen LogP contribution in [0.2, 0.25) is 0 Å². The van der Waals surface area contributed by atoms with E-state index in [1.165, 1.54) is 6.07 Å². The van der Waals surface area contributed by atoms with Crippen molar-refractivity contribution in [1.82, 2.24) is 0 Å². The number of hydrogen-bond donors (Lipinski definition) is 1. The molecule has 0 aromatic heterocycles. The summed E-state index contributed by atoms with van der Waals surface area (Å²) in [4.78, 5) is 23.5. The van der Waals surface area contributed by atoms with Crippen molar-refractivity contribution in [3.8, 4) is 0 Å². The van der Waals surface area contributed by atoms with Gasteiger partial charge in [-0.1, -0.05) is 0 Å². The second-order valence-electron chi connectivity index (χ2n) is 4.56. The molecule has 1 aromatic rings. The molecular weight excluding hydrogens is 234 g/mol. The molecule has 0 spiro atoms. The van der Waals surface area contributed by atoms with Gasteiger partial charge in [0.15, 0.2) is 0 Å². The number of primary amides is 1. The zero-order valence-corrected chi connectivity index (χ0v) is 10.1. The number of nitro groups is 1. The van der Waals surface area contributed by atoms with Gasteiger partial charge in [0.1, 0.15) is 0 Å². The SMILES string of the molecule is Cc1cc(N2CCC(C(N)=O)C2)ccc1[N+](=O)[O-]. The molecule has 1 saturated heterocycles. The third-order valence-electron chi connectivity index (χ3n) is 3.33. The van der Waals surface area contributed by atoms with Crippen LogP contribution in [0.5, 0.6) is 0 Å². The number of carbonyl (C=O) groups excluding carboxylic acids is 1. The van der Waals surface area contributed by atoms with E-state index in [4.69, 9.17) is 5.73 Å². The van der Waals surface area contributed by atoms with Gasteiger partial charge in [-0.05, 0) is 25.5 Å². The topological polar surface area (TPSA) is 89.5 Å². The second kappa shape index (κ2) is 4.64. The number of amides is 1. The molecular formula is C12H15N3O3. The molecule has 0 bridgehead atoms. The Labute approximate surface area is 105 Å². The normalized spacial score (nSPS) is 18.9. The summed E-state index contributed by atoms with van der Waals surface area (Å²) in [7, 11) is 0. The third kappa shape index (κ3) is 2.27. The van der Waals surface area contributed by atoms with Crippen molar-refractivity contribution in [3.63, 3.8) is 0 Å². The minimum absolute atomic E-state index is 0.115. The van der Waals surface area contributed by atoms with Gasteiger partial charge in [0.25, 0.3) is 5.69 Å². The summed E-state index contributed by atoms with van der Waals surface area (Å²) in [5.74, 6) is -0.406. The highest BCUT2D eigenvalue weighted by Crippen LogP contribution is 2.28. The van der Waals surface area contributed by atoms with Crippen molar-refractivity contribution >= 4 is 17.3 Å². The minimum Gasteiger partial charge on any atom is -0.371 e. The predicted octanol–water partition coefficient (Wildman–Crippen LogP) is 1.21. The monoisotopic (exact) mass is 249 g/mol. The first kappa shape index (κ1) is 12.3. The third-order valence-corrected chi connectivity index (χ3v) is 3.33. The fourth-order valence-corrected chi connectivity index (χ4v) is 2.27. The van der Waals surface area contributed by atoms with Crippen LogP contribution >= 0.6 is 0 Å². The number of hydrogen-bond acceptors (Lipinski definition) is 4. The zero-order valence-electron chi connectivity index (χ0n) is 10.1. The van der Waals surface area contributed by atoms with E-state index >= 15 is 0 Å². The Morgan fingerprint density at radius 1 is 1.56 bits per heavy atom. The average molecular weight is 249 g/mol. The molecule has 1 fully saturated rings. The number of carbonyl (C=O) groups is 1. The number of nitro benzene ring substituents is 1. The number of benzene rings is 1. The Morgan fingerprint density at radius 3 is 2.78 bits per heavy atom. The smallest absolute Gasteiger partial charge is 0.272 e. The highest BCUT2D eigenvalue weighted by molar-refractivity contribution is 5.78. The fraction of sp³-hybridized carbons (Fsp3) is 0.417. The Morgan fingerprint density at radius 2 is 2.28 bits per heavy atom. The molecule has 0 saturated carbocycles. The summed E-state index contributed by atoms with van der Waals surface area (Å²) in [5, 5.41) is 10.7. The molecule has 1 unspecified atom stereocenters. The summed E-state index contributed by atoms with van der Waals surface area (Å²) in [6.45, 7) is 3.06.